The Bertz CT molecular complexity index is 317. The summed E-state index contributed by atoms with van der Waals surface area (Å²) in [6.45, 7) is 13.0. The van der Waals surface area contributed by atoms with Crippen molar-refractivity contribution in [2.45, 2.75) is 65.3 Å². The van der Waals surface area contributed by atoms with Gasteiger partial charge in [-0.2, -0.15) is 0 Å². The van der Waals surface area contributed by atoms with Gasteiger partial charge in [-0.3, -0.25) is 4.79 Å². The topological polar surface area (TPSA) is 58.4 Å². The smallest absolute Gasteiger partial charge is 0.237 e. The Labute approximate surface area is 124 Å². The summed E-state index contributed by atoms with van der Waals surface area (Å²) in [7, 11) is 0. The first kappa shape index (κ1) is 17.4. The van der Waals surface area contributed by atoms with Crippen LogP contribution in [0.5, 0.6) is 0 Å². The van der Waals surface area contributed by atoms with Gasteiger partial charge in [-0.1, -0.05) is 20.8 Å². The lowest BCUT2D eigenvalue weighted by atomic mass is 9.84. The zero-order valence-electron chi connectivity index (χ0n) is 13.8. The third kappa shape index (κ3) is 5.41. The van der Waals surface area contributed by atoms with Crippen LogP contribution in [0.25, 0.3) is 0 Å². The molecule has 1 rings (SSSR count). The van der Waals surface area contributed by atoms with Gasteiger partial charge < -0.3 is 16.0 Å². The second-order valence-corrected chi connectivity index (χ2v) is 7.27. The molecule has 1 fully saturated rings. The minimum atomic E-state index is -0.554. The largest absolute Gasteiger partial charge is 0.368 e. The number of likely N-dealkylation sites (tertiary alicyclic amines) is 1. The van der Waals surface area contributed by atoms with Crippen LogP contribution in [0.15, 0.2) is 0 Å². The van der Waals surface area contributed by atoms with Crippen molar-refractivity contribution < 1.29 is 4.79 Å². The Morgan fingerprint density at radius 1 is 1.45 bits per heavy atom. The van der Waals surface area contributed by atoms with E-state index in [9.17, 15) is 4.79 Å². The highest BCUT2D eigenvalue weighted by molar-refractivity contribution is 5.84. The van der Waals surface area contributed by atoms with Crippen molar-refractivity contribution in [1.29, 1.82) is 0 Å². The average molecular weight is 283 g/mol. The van der Waals surface area contributed by atoms with E-state index in [-0.39, 0.29) is 5.91 Å². The second kappa shape index (κ2) is 7.41. The number of hydrogen-bond acceptors (Lipinski definition) is 3. The molecule has 0 radical (unpaired) electrons. The van der Waals surface area contributed by atoms with Crippen molar-refractivity contribution in [3.63, 3.8) is 0 Å². The molecular weight excluding hydrogens is 250 g/mol. The predicted molar refractivity (Wildman–Crippen MR) is 84.6 cm³/mol. The maximum absolute atomic E-state index is 11.7. The molecule has 1 unspecified atom stereocenters. The van der Waals surface area contributed by atoms with Crippen LogP contribution < -0.4 is 11.1 Å². The minimum Gasteiger partial charge on any atom is -0.368 e. The van der Waals surface area contributed by atoms with Gasteiger partial charge in [-0.25, -0.2) is 0 Å². The van der Waals surface area contributed by atoms with Crippen LogP contribution in [0, 0.1) is 5.41 Å². The van der Waals surface area contributed by atoms with Crippen molar-refractivity contribution in [3.05, 3.63) is 0 Å². The van der Waals surface area contributed by atoms with Crippen LogP contribution in [0.1, 0.15) is 59.8 Å². The molecule has 20 heavy (non-hydrogen) atoms. The summed E-state index contributed by atoms with van der Waals surface area (Å²) in [5.74, 6) is -0.232. The Hall–Kier alpha value is -0.610. The highest BCUT2D eigenvalue weighted by atomic mass is 16.1. The van der Waals surface area contributed by atoms with Gasteiger partial charge in [0.2, 0.25) is 5.91 Å². The van der Waals surface area contributed by atoms with E-state index in [0.29, 0.717) is 5.41 Å². The number of amides is 1. The van der Waals surface area contributed by atoms with E-state index in [2.05, 4.69) is 31.0 Å². The van der Waals surface area contributed by atoms with Crippen molar-refractivity contribution in [1.82, 2.24) is 10.2 Å². The van der Waals surface area contributed by atoms with Crippen molar-refractivity contribution in [3.8, 4) is 0 Å². The molecule has 0 aromatic carbocycles. The molecule has 0 bridgehead atoms. The van der Waals surface area contributed by atoms with Crippen LogP contribution in [0.4, 0.5) is 0 Å². The molecule has 0 spiro atoms. The maximum Gasteiger partial charge on any atom is 0.237 e. The van der Waals surface area contributed by atoms with E-state index in [0.717, 1.165) is 32.4 Å². The molecule has 118 valence electrons. The van der Waals surface area contributed by atoms with Gasteiger partial charge in [0.05, 0.1) is 5.54 Å². The molecule has 0 aliphatic carbocycles. The van der Waals surface area contributed by atoms with E-state index in [1.54, 1.807) is 0 Å². The quantitative estimate of drug-likeness (QED) is 0.717. The van der Waals surface area contributed by atoms with Gasteiger partial charge in [0.25, 0.3) is 0 Å². The summed E-state index contributed by atoms with van der Waals surface area (Å²) in [5, 5.41) is 3.31. The third-order valence-corrected chi connectivity index (χ3v) is 4.44. The molecule has 1 aliphatic heterocycles. The van der Waals surface area contributed by atoms with Crippen LogP contribution in [-0.2, 0) is 4.79 Å². The standard InChI is InChI=1S/C16H33N3O/c1-5-10-18-16(4,14(17)20)9-7-12-19-11-6-8-15(2,3)13-19/h18H,5-13H2,1-4H3,(H2,17,20). The molecule has 4 nitrogen and oxygen atoms in total. The van der Waals surface area contributed by atoms with E-state index in [4.69, 9.17) is 5.73 Å². The second-order valence-electron chi connectivity index (χ2n) is 7.27. The Balaban J connectivity index is 2.38. The summed E-state index contributed by atoms with van der Waals surface area (Å²) in [4.78, 5) is 14.2. The van der Waals surface area contributed by atoms with Crippen LogP contribution in [0.2, 0.25) is 0 Å². The fourth-order valence-electron chi connectivity index (χ4n) is 3.09. The SMILES string of the molecule is CCCNC(C)(CCCN1CCCC(C)(C)C1)C(N)=O. The van der Waals surface area contributed by atoms with Gasteiger partial charge in [-0.15, -0.1) is 0 Å². The molecule has 1 aliphatic rings. The fourth-order valence-corrected chi connectivity index (χ4v) is 3.09. The monoisotopic (exact) mass is 283 g/mol. The number of nitrogens with zero attached hydrogens (tertiary/aromatic N) is 1. The number of piperidine rings is 1. The highest BCUT2D eigenvalue weighted by Crippen LogP contribution is 2.28. The van der Waals surface area contributed by atoms with Crippen LogP contribution in [-0.4, -0.2) is 42.5 Å². The zero-order chi connectivity index (χ0) is 15.2. The van der Waals surface area contributed by atoms with Crippen molar-refractivity contribution in [2.24, 2.45) is 11.1 Å². The van der Waals surface area contributed by atoms with Crippen LogP contribution >= 0.6 is 0 Å². The van der Waals surface area contributed by atoms with E-state index < -0.39 is 5.54 Å². The molecule has 1 saturated heterocycles. The Kier molecular flexibility index (Phi) is 6.46. The summed E-state index contributed by atoms with van der Waals surface area (Å²) in [6, 6.07) is 0. The first-order valence-electron chi connectivity index (χ1n) is 8.06. The summed E-state index contributed by atoms with van der Waals surface area (Å²) in [5.41, 5.74) is 5.44. The zero-order valence-corrected chi connectivity index (χ0v) is 13.8. The lowest BCUT2D eigenvalue weighted by molar-refractivity contribution is -0.124. The molecule has 0 aromatic rings. The van der Waals surface area contributed by atoms with Gasteiger partial charge >= 0.3 is 0 Å². The number of hydrogen-bond donors (Lipinski definition) is 2. The first-order chi connectivity index (χ1) is 9.29. The number of primary amides is 1. The van der Waals surface area contributed by atoms with Gasteiger partial charge in [0, 0.05) is 6.54 Å². The Morgan fingerprint density at radius 2 is 2.15 bits per heavy atom. The van der Waals surface area contributed by atoms with Crippen LogP contribution in [0.3, 0.4) is 0 Å². The summed E-state index contributed by atoms with van der Waals surface area (Å²) in [6.07, 6.45) is 5.46. The number of rotatable bonds is 8. The Morgan fingerprint density at radius 3 is 2.70 bits per heavy atom. The molecule has 1 heterocycles. The number of carbonyl (C=O) groups excluding carboxylic acids is 1. The molecule has 3 N–H and O–H groups in total. The number of nitrogens with two attached hydrogens (primary N) is 1. The summed E-state index contributed by atoms with van der Waals surface area (Å²) < 4.78 is 0. The summed E-state index contributed by atoms with van der Waals surface area (Å²) >= 11 is 0. The average Bonchev–Trinajstić information content (AvgIpc) is 2.35. The first-order valence-corrected chi connectivity index (χ1v) is 8.06. The molecule has 1 atom stereocenters. The van der Waals surface area contributed by atoms with Crippen molar-refractivity contribution >= 4 is 5.91 Å². The molecule has 4 heteroatoms. The molecule has 0 aromatic heterocycles. The van der Waals surface area contributed by atoms with Crippen molar-refractivity contribution in [2.75, 3.05) is 26.2 Å². The molecule has 1 amide bonds. The van der Waals surface area contributed by atoms with Gasteiger partial charge in [0.1, 0.15) is 0 Å². The third-order valence-electron chi connectivity index (χ3n) is 4.44. The van der Waals surface area contributed by atoms with Gasteiger partial charge in [0.15, 0.2) is 0 Å². The number of carbonyl (C=O) groups is 1. The predicted octanol–water partition coefficient (Wildman–Crippen LogP) is 2.13. The van der Waals surface area contributed by atoms with E-state index in [1.165, 1.54) is 25.9 Å². The lowest BCUT2D eigenvalue weighted by Gasteiger charge is -2.38. The molecular formula is C16H33N3O. The number of nitrogens with one attached hydrogen (secondary N) is 1. The molecule has 0 saturated carbocycles. The van der Waals surface area contributed by atoms with E-state index in [1.807, 2.05) is 6.92 Å². The normalized spacial score (nSPS) is 22.4. The highest BCUT2D eigenvalue weighted by Gasteiger charge is 2.30. The lowest BCUT2D eigenvalue weighted by Crippen LogP contribution is -2.53. The maximum atomic E-state index is 11.7. The van der Waals surface area contributed by atoms with Gasteiger partial charge in [-0.05, 0) is 64.1 Å². The fraction of sp³-hybridized carbons (Fsp3) is 0.938. The van der Waals surface area contributed by atoms with E-state index >= 15 is 0 Å². The minimum absolute atomic E-state index is 0.232.